The number of rotatable bonds is 2. The van der Waals surface area contributed by atoms with E-state index in [0.717, 1.165) is 5.56 Å². The fourth-order valence-electron chi connectivity index (χ4n) is 3.00. The first-order chi connectivity index (χ1) is 10.3. The summed E-state index contributed by atoms with van der Waals surface area (Å²) in [5.41, 5.74) is -1.03. The van der Waals surface area contributed by atoms with E-state index in [9.17, 15) is 13.2 Å². The van der Waals surface area contributed by atoms with Crippen LogP contribution in [0.15, 0.2) is 28.7 Å². The summed E-state index contributed by atoms with van der Waals surface area (Å²) in [7, 11) is 0. The highest BCUT2D eigenvalue weighted by Gasteiger charge is 2.58. The molecule has 0 saturated carbocycles. The highest BCUT2D eigenvalue weighted by atomic mass is 19.4. The van der Waals surface area contributed by atoms with Crippen LogP contribution in [0.3, 0.4) is 0 Å². The topological polar surface area (TPSA) is 42.2 Å². The summed E-state index contributed by atoms with van der Waals surface area (Å²) in [4.78, 5) is 1.36. The van der Waals surface area contributed by atoms with Crippen molar-refractivity contribution < 1.29 is 17.6 Å². The van der Waals surface area contributed by atoms with E-state index >= 15 is 0 Å². The minimum Gasteiger partial charge on any atom is -0.424 e. The van der Waals surface area contributed by atoms with Gasteiger partial charge in [0.1, 0.15) is 5.54 Å². The zero-order valence-corrected chi connectivity index (χ0v) is 12.3. The zero-order valence-electron chi connectivity index (χ0n) is 12.3. The van der Waals surface area contributed by atoms with Crippen LogP contribution in [-0.2, 0) is 18.5 Å². The molecule has 0 saturated heterocycles. The van der Waals surface area contributed by atoms with Crippen LogP contribution in [0.2, 0.25) is 0 Å². The Hall–Kier alpha value is -1.89. The van der Waals surface area contributed by atoms with Gasteiger partial charge in [0.05, 0.1) is 6.54 Å². The monoisotopic (exact) mass is 311 g/mol. The number of aromatic nitrogens is 2. The number of alkyl halides is 3. The lowest BCUT2D eigenvalue weighted by molar-refractivity contribution is -0.237. The molecule has 1 aliphatic rings. The molecule has 2 aromatic rings. The number of aryl methyl sites for hydroxylation is 1. The minimum atomic E-state index is -4.40. The molecule has 22 heavy (non-hydrogen) atoms. The van der Waals surface area contributed by atoms with Crippen LogP contribution in [0, 0.1) is 6.92 Å². The first-order valence-electron chi connectivity index (χ1n) is 7.01. The van der Waals surface area contributed by atoms with Crippen LogP contribution in [-0.4, -0.2) is 27.8 Å². The predicted molar refractivity (Wildman–Crippen MR) is 73.0 cm³/mol. The van der Waals surface area contributed by atoms with Gasteiger partial charge in [-0.05, 0) is 24.5 Å². The second-order valence-corrected chi connectivity index (χ2v) is 5.61. The van der Waals surface area contributed by atoms with Crippen molar-refractivity contribution in [1.82, 2.24) is 15.1 Å². The SMILES string of the molecule is Cc1nnc(CN2CCc3ccccc3[C@]2(C)C(F)(F)F)o1. The smallest absolute Gasteiger partial charge is 0.410 e. The van der Waals surface area contributed by atoms with Gasteiger partial charge in [0.2, 0.25) is 11.8 Å². The van der Waals surface area contributed by atoms with Crippen molar-refractivity contribution >= 4 is 0 Å². The van der Waals surface area contributed by atoms with E-state index in [1.165, 1.54) is 11.8 Å². The number of halogens is 3. The fourth-order valence-corrected chi connectivity index (χ4v) is 3.00. The van der Waals surface area contributed by atoms with E-state index in [2.05, 4.69) is 10.2 Å². The van der Waals surface area contributed by atoms with Crippen LogP contribution in [0.25, 0.3) is 0 Å². The molecular weight excluding hydrogens is 295 g/mol. The third kappa shape index (κ3) is 2.29. The van der Waals surface area contributed by atoms with Gasteiger partial charge in [-0.25, -0.2) is 0 Å². The third-order valence-corrected chi connectivity index (χ3v) is 4.27. The van der Waals surface area contributed by atoms with Crippen molar-refractivity contribution in [1.29, 1.82) is 0 Å². The Morgan fingerprint density at radius 2 is 2.00 bits per heavy atom. The lowest BCUT2D eigenvalue weighted by Crippen LogP contribution is -2.57. The molecule has 118 valence electrons. The van der Waals surface area contributed by atoms with Gasteiger partial charge in [-0.1, -0.05) is 24.3 Å². The van der Waals surface area contributed by atoms with E-state index in [0.29, 0.717) is 17.9 Å². The van der Waals surface area contributed by atoms with Gasteiger partial charge in [-0.15, -0.1) is 10.2 Å². The average Bonchev–Trinajstić information content (AvgIpc) is 2.86. The first-order valence-corrected chi connectivity index (χ1v) is 7.01. The maximum absolute atomic E-state index is 13.9. The molecule has 0 spiro atoms. The van der Waals surface area contributed by atoms with E-state index in [1.807, 2.05) is 0 Å². The predicted octanol–water partition coefficient (Wildman–Crippen LogP) is 3.21. The Kier molecular flexibility index (Phi) is 3.47. The van der Waals surface area contributed by atoms with Gasteiger partial charge in [-0.3, -0.25) is 4.90 Å². The maximum atomic E-state index is 13.9. The second-order valence-electron chi connectivity index (χ2n) is 5.61. The molecule has 1 aromatic heterocycles. The Bertz CT molecular complexity index is 683. The van der Waals surface area contributed by atoms with Crippen molar-refractivity contribution in [3.8, 4) is 0 Å². The molecule has 1 atom stereocenters. The molecule has 0 amide bonds. The largest absolute Gasteiger partial charge is 0.424 e. The Labute approximate surface area is 125 Å². The summed E-state index contributed by atoms with van der Waals surface area (Å²) < 4.78 is 46.8. The van der Waals surface area contributed by atoms with Crippen molar-refractivity contribution in [3.63, 3.8) is 0 Å². The highest BCUT2D eigenvalue weighted by Crippen LogP contribution is 2.47. The molecule has 0 unspecified atom stereocenters. The van der Waals surface area contributed by atoms with Crippen LogP contribution in [0.4, 0.5) is 13.2 Å². The summed E-state index contributed by atoms with van der Waals surface area (Å²) in [5.74, 6) is 0.550. The minimum absolute atomic E-state index is 0.0226. The number of nitrogens with zero attached hydrogens (tertiary/aromatic N) is 3. The molecule has 2 heterocycles. The van der Waals surface area contributed by atoms with Crippen molar-refractivity contribution in [2.75, 3.05) is 6.54 Å². The molecule has 4 nitrogen and oxygen atoms in total. The van der Waals surface area contributed by atoms with Gasteiger partial charge in [0.25, 0.3) is 0 Å². The van der Waals surface area contributed by atoms with E-state index in [4.69, 9.17) is 4.42 Å². The quantitative estimate of drug-likeness (QED) is 0.854. The third-order valence-electron chi connectivity index (χ3n) is 4.27. The van der Waals surface area contributed by atoms with Gasteiger partial charge < -0.3 is 4.42 Å². The lowest BCUT2D eigenvalue weighted by Gasteiger charge is -2.46. The standard InChI is InChI=1S/C15H16F3N3O/c1-10-19-20-13(22-10)9-21-8-7-11-5-3-4-6-12(11)14(21,2)15(16,17)18/h3-6H,7-9H2,1-2H3/t14-/m1/s1. The van der Waals surface area contributed by atoms with E-state index < -0.39 is 11.7 Å². The molecule has 1 aromatic carbocycles. The Morgan fingerprint density at radius 1 is 1.27 bits per heavy atom. The Morgan fingerprint density at radius 3 is 2.64 bits per heavy atom. The molecule has 0 aliphatic carbocycles. The summed E-state index contributed by atoms with van der Waals surface area (Å²) in [6.45, 7) is 3.10. The number of benzene rings is 1. The molecule has 1 aliphatic heterocycles. The number of fused-ring (bicyclic) bond motifs is 1. The Balaban J connectivity index is 2.03. The van der Waals surface area contributed by atoms with Crippen LogP contribution in [0.5, 0.6) is 0 Å². The van der Waals surface area contributed by atoms with Gasteiger partial charge in [0, 0.05) is 13.5 Å². The molecule has 0 radical (unpaired) electrons. The second kappa shape index (κ2) is 5.08. The van der Waals surface area contributed by atoms with Gasteiger partial charge in [-0.2, -0.15) is 13.2 Å². The highest BCUT2D eigenvalue weighted by molar-refractivity contribution is 5.37. The average molecular weight is 311 g/mol. The molecular formula is C15H16F3N3O. The summed E-state index contributed by atoms with van der Waals surface area (Å²) in [5, 5.41) is 7.50. The molecule has 0 bridgehead atoms. The summed E-state index contributed by atoms with van der Waals surface area (Å²) in [6, 6.07) is 6.72. The van der Waals surface area contributed by atoms with Crippen molar-refractivity contribution in [2.24, 2.45) is 0 Å². The molecule has 7 heteroatoms. The molecule has 0 fully saturated rings. The molecule has 0 N–H and O–H groups in total. The first kappa shape index (κ1) is 15.0. The van der Waals surface area contributed by atoms with Crippen LogP contribution < -0.4 is 0 Å². The normalized spacial score (nSPS) is 22.6. The van der Waals surface area contributed by atoms with Gasteiger partial charge in [0.15, 0.2) is 0 Å². The van der Waals surface area contributed by atoms with Crippen molar-refractivity contribution in [3.05, 3.63) is 47.2 Å². The lowest BCUT2D eigenvalue weighted by atomic mass is 9.81. The van der Waals surface area contributed by atoms with Crippen LogP contribution in [0.1, 0.15) is 29.8 Å². The van der Waals surface area contributed by atoms with Crippen molar-refractivity contribution in [2.45, 2.75) is 38.5 Å². The maximum Gasteiger partial charge on any atom is 0.410 e. The zero-order chi connectivity index (χ0) is 16.0. The summed E-state index contributed by atoms with van der Waals surface area (Å²) in [6.07, 6.45) is -3.84. The molecule has 3 rings (SSSR count). The summed E-state index contributed by atoms with van der Waals surface area (Å²) >= 11 is 0. The van der Waals surface area contributed by atoms with E-state index in [-0.39, 0.29) is 19.0 Å². The fraction of sp³-hybridized carbons (Fsp3) is 0.467. The van der Waals surface area contributed by atoms with Gasteiger partial charge >= 0.3 is 6.18 Å². The van der Waals surface area contributed by atoms with E-state index in [1.54, 1.807) is 31.2 Å². The number of hydrogen-bond acceptors (Lipinski definition) is 4. The number of hydrogen-bond donors (Lipinski definition) is 0. The van der Waals surface area contributed by atoms with Crippen LogP contribution >= 0.6 is 0 Å².